The fraction of sp³-hybridized carbons (Fsp3) is 0.412. The third kappa shape index (κ3) is 5.27. The first-order chi connectivity index (χ1) is 11.9. The summed E-state index contributed by atoms with van der Waals surface area (Å²) in [6.45, 7) is 2.37. The van der Waals surface area contributed by atoms with Crippen molar-refractivity contribution in [2.45, 2.75) is 29.7 Å². The molecule has 1 aliphatic heterocycles. The average molecular weight is 445 g/mol. The van der Waals surface area contributed by atoms with Crippen LogP contribution in [0.2, 0.25) is 0 Å². The molecule has 3 rings (SSSR count). The largest absolute Gasteiger partial charge is 0.490 e. The molecule has 0 amide bonds. The Labute approximate surface area is 161 Å². The number of thiophene rings is 1. The predicted molar refractivity (Wildman–Crippen MR) is 104 cm³/mol. The van der Waals surface area contributed by atoms with Crippen LogP contribution in [0, 0.1) is 0 Å². The number of halogens is 1. The molecule has 25 heavy (non-hydrogen) atoms. The molecule has 2 aromatic rings. The van der Waals surface area contributed by atoms with Crippen molar-refractivity contribution in [1.82, 2.24) is 9.62 Å². The van der Waals surface area contributed by atoms with Crippen molar-refractivity contribution in [3.8, 4) is 5.75 Å². The third-order valence-corrected chi connectivity index (χ3v) is 7.69. The van der Waals surface area contributed by atoms with Crippen LogP contribution >= 0.6 is 27.3 Å². The molecule has 1 aromatic heterocycles. The Morgan fingerprint density at radius 3 is 2.48 bits per heavy atom. The van der Waals surface area contributed by atoms with Crippen LogP contribution in [0.5, 0.6) is 5.75 Å². The van der Waals surface area contributed by atoms with Crippen LogP contribution in [-0.4, -0.2) is 39.6 Å². The number of sulfonamides is 1. The molecule has 1 aromatic carbocycles. The number of hydrogen-bond donors (Lipinski definition) is 1. The molecule has 5 nitrogen and oxygen atoms in total. The summed E-state index contributed by atoms with van der Waals surface area (Å²) < 4.78 is 34.2. The van der Waals surface area contributed by atoms with Gasteiger partial charge in [0.2, 0.25) is 10.0 Å². The number of likely N-dealkylation sites (tertiary alicyclic amines) is 1. The van der Waals surface area contributed by atoms with E-state index in [1.807, 2.05) is 24.3 Å². The van der Waals surface area contributed by atoms with Gasteiger partial charge in [0.15, 0.2) is 0 Å². The molecule has 0 spiro atoms. The highest BCUT2D eigenvalue weighted by atomic mass is 79.9. The van der Waals surface area contributed by atoms with Crippen LogP contribution in [0.25, 0.3) is 0 Å². The summed E-state index contributed by atoms with van der Waals surface area (Å²) in [5, 5.41) is 0. The average Bonchev–Trinajstić information content (AvgIpc) is 3.04. The predicted octanol–water partition coefficient (Wildman–Crippen LogP) is 3.46. The zero-order chi connectivity index (χ0) is 17.9. The number of nitrogens with zero attached hydrogens (tertiary/aromatic N) is 1. The van der Waals surface area contributed by atoms with Crippen molar-refractivity contribution in [2.75, 3.05) is 20.1 Å². The second-order valence-electron chi connectivity index (χ2n) is 6.15. The van der Waals surface area contributed by atoms with Crippen molar-refractivity contribution < 1.29 is 13.2 Å². The van der Waals surface area contributed by atoms with E-state index in [2.05, 4.69) is 32.6 Å². The topological polar surface area (TPSA) is 58.6 Å². The maximum atomic E-state index is 12.2. The van der Waals surface area contributed by atoms with E-state index < -0.39 is 10.0 Å². The van der Waals surface area contributed by atoms with E-state index >= 15 is 0 Å². The van der Waals surface area contributed by atoms with Crippen LogP contribution in [0.4, 0.5) is 0 Å². The number of piperidine rings is 1. The molecule has 0 atom stereocenters. The molecule has 0 bridgehead atoms. The Hall–Kier alpha value is -0.930. The van der Waals surface area contributed by atoms with Crippen molar-refractivity contribution in [3.05, 3.63) is 45.7 Å². The lowest BCUT2D eigenvalue weighted by Crippen LogP contribution is -2.35. The Bertz CT molecular complexity index is 798. The lowest BCUT2D eigenvalue weighted by molar-refractivity contribution is 0.114. The molecular formula is C17H21BrN2O3S2. The second-order valence-corrected chi connectivity index (χ2v) is 10.6. The standard InChI is InChI=1S/C17H21BrN2O3S2/c1-20-10-8-15(9-11-20)23-14-4-2-13(3-5-14)12-19-25(21,22)17-7-6-16(18)24-17/h2-7,15,19H,8-12H2,1H3. The second kappa shape index (κ2) is 8.18. The highest BCUT2D eigenvalue weighted by molar-refractivity contribution is 9.11. The normalized spacial score (nSPS) is 16.9. The number of nitrogens with one attached hydrogen (secondary N) is 1. The summed E-state index contributed by atoms with van der Waals surface area (Å²) in [5.41, 5.74) is 0.898. The highest BCUT2D eigenvalue weighted by Crippen LogP contribution is 2.26. The fourth-order valence-corrected chi connectivity index (χ4v) is 5.74. The van der Waals surface area contributed by atoms with Crippen LogP contribution in [-0.2, 0) is 16.6 Å². The third-order valence-electron chi connectivity index (χ3n) is 4.17. The smallest absolute Gasteiger partial charge is 0.250 e. The molecule has 1 fully saturated rings. The number of rotatable bonds is 6. The van der Waals surface area contributed by atoms with Gasteiger partial charge in [-0.25, -0.2) is 13.1 Å². The van der Waals surface area contributed by atoms with E-state index in [0.717, 1.165) is 41.0 Å². The van der Waals surface area contributed by atoms with Crippen molar-refractivity contribution in [3.63, 3.8) is 0 Å². The van der Waals surface area contributed by atoms with E-state index in [9.17, 15) is 8.42 Å². The summed E-state index contributed by atoms with van der Waals surface area (Å²) in [5.74, 6) is 0.836. The minimum Gasteiger partial charge on any atom is -0.490 e. The van der Waals surface area contributed by atoms with E-state index in [0.29, 0.717) is 4.21 Å². The van der Waals surface area contributed by atoms with Gasteiger partial charge in [-0.2, -0.15) is 0 Å². The summed E-state index contributed by atoms with van der Waals surface area (Å²) in [6.07, 6.45) is 2.33. The first-order valence-electron chi connectivity index (χ1n) is 8.11. The maximum absolute atomic E-state index is 12.2. The Morgan fingerprint density at radius 1 is 1.20 bits per heavy atom. The quantitative estimate of drug-likeness (QED) is 0.740. The number of ether oxygens (including phenoxy) is 1. The zero-order valence-electron chi connectivity index (χ0n) is 13.9. The Kier molecular flexibility index (Phi) is 6.17. The molecule has 0 radical (unpaired) electrons. The highest BCUT2D eigenvalue weighted by Gasteiger charge is 2.18. The molecule has 136 valence electrons. The molecule has 1 saturated heterocycles. The SMILES string of the molecule is CN1CCC(Oc2ccc(CNS(=O)(=O)c3ccc(Br)s3)cc2)CC1. The molecule has 0 aliphatic carbocycles. The fourth-order valence-electron chi connectivity index (χ4n) is 2.67. The van der Waals surface area contributed by atoms with E-state index in [1.165, 1.54) is 11.3 Å². The van der Waals surface area contributed by atoms with Gasteiger partial charge >= 0.3 is 0 Å². The van der Waals surface area contributed by atoms with Crippen LogP contribution in [0.3, 0.4) is 0 Å². The molecule has 2 heterocycles. The first kappa shape index (κ1) is 18.8. The lowest BCUT2D eigenvalue weighted by Gasteiger charge is -2.29. The summed E-state index contributed by atoms with van der Waals surface area (Å²) in [7, 11) is -1.35. The monoisotopic (exact) mass is 444 g/mol. The molecule has 1 N–H and O–H groups in total. The van der Waals surface area contributed by atoms with Crippen LogP contribution in [0.1, 0.15) is 18.4 Å². The summed E-state index contributed by atoms with van der Waals surface area (Å²) in [6, 6.07) is 10.9. The van der Waals surface area contributed by atoms with Crippen LogP contribution < -0.4 is 9.46 Å². The van der Waals surface area contributed by atoms with Crippen molar-refractivity contribution in [2.24, 2.45) is 0 Å². The van der Waals surface area contributed by atoms with E-state index in [4.69, 9.17) is 4.74 Å². The van der Waals surface area contributed by atoms with Gasteiger partial charge in [-0.3, -0.25) is 0 Å². The minimum absolute atomic E-state index is 0.256. The molecule has 8 heteroatoms. The summed E-state index contributed by atoms with van der Waals surface area (Å²) in [4.78, 5) is 2.31. The van der Waals surface area contributed by atoms with Crippen molar-refractivity contribution >= 4 is 37.3 Å². The Balaban J connectivity index is 1.54. The molecule has 1 aliphatic rings. The van der Waals surface area contributed by atoms with Gasteiger partial charge < -0.3 is 9.64 Å². The summed E-state index contributed by atoms with van der Waals surface area (Å²) >= 11 is 4.48. The number of benzene rings is 1. The zero-order valence-corrected chi connectivity index (χ0v) is 17.2. The van der Waals surface area contributed by atoms with Crippen molar-refractivity contribution in [1.29, 1.82) is 0 Å². The van der Waals surface area contributed by atoms with Gasteiger partial charge in [-0.1, -0.05) is 12.1 Å². The van der Waals surface area contributed by atoms with E-state index in [1.54, 1.807) is 12.1 Å². The van der Waals surface area contributed by atoms with Gasteiger partial charge in [-0.05, 0) is 65.6 Å². The van der Waals surface area contributed by atoms with Gasteiger partial charge in [0, 0.05) is 19.6 Å². The van der Waals surface area contributed by atoms with Gasteiger partial charge in [0.1, 0.15) is 16.1 Å². The minimum atomic E-state index is -3.47. The van der Waals surface area contributed by atoms with E-state index in [-0.39, 0.29) is 12.6 Å². The van der Waals surface area contributed by atoms with Crippen LogP contribution in [0.15, 0.2) is 44.4 Å². The number of hydrogen-bond acceptors (Lipinski definition) is 5. The molecule has 0 saturated carbocycles. The lowest BCUT2D eigenvalue weighted by atomic mass is 10.1. The van der Waals surface area contributed by atoms with Gasteiger partial charge in [-0.15, -0.1) is 11.3 Å². The molecular weight excluding hydrogens is 424 g/mol. The maximum Gasteiger partial charge on any atom is 0.250 e. The van der Waals surface area contributed by atoms with Gasteiger partial charge in [0.25, 0.3) is 0 Å². The first-order valence-corrected chi connectivity index (χ1v) is 11.2. The molecule has 0 unspecified atom stereocenters. The van der Waals surface area contributed by atoms with Gasteiger partial charge in [0.05, 0.1) is 3.79 Å². The Morgan fingerprint density at radius 2 is 1.88 bits per heavy atom.